The van der Waals surface area contributed by atoms with Crippen molar-refractivity contribution in [1.29, 1.82) is 0 Å². The molecule has 3 nitrogen and oxygen atoms in total. The van der Waals surface area contributed by atoms with E-state index >= 15 is 0 Å². The van der Waals surface area contributed by atoms with Crippen LogP contribution in [-0.2, 0) is 0 Å². The Morgan fingerprint density at radius 1 is 1.05 bits per heavy atom. The third-order valence-corrected chi connectivity index (χ3v) is 5.64. The van der Waals surface area contributed by atoms with Gasteiger partial charge in [-0.25, -0.2) is 0 Å². The standard InChI is InChI=1S/C16H17NO2S2/c1-17-16(15-9-14-13(21-15)6-7-20-14)11-8-10(18-2)4-5-12(11)19-3/h4-9,16-17H,1-3H3. The summed E-state index contributed by atoms with van der Waals surface area (Å²) in [4.78, 5) is 1.28. The highest BCUT2D eigenvalue weighted by molar-refractivity contribution is 7.27. The van der Waals surface area contributed by atoms with Gasteiger partial charge in [0.15, 0.2) is 0 Å². The average molecular weight is 319 g/mol. The summed E-state index contributed by atoms with van der Waals surface area (Å²) in [5, 5.41) is 5.52. The molecule has 0 bridgehead atoms. The molecule has 0 spiro atoms. The second-order valence-corrected chi connectivity index (χ2v) is 6.69. The minimum atomic E-state index is 0.0969. The van der Waals surface area contributed by atoms with E-state index in [1.165, 1.54) is 14.3 Å². The fraction of sp³-hybridized carbons (Fsp3) is 0.250. The molecular formula is C16H17NO2S2. The van der Waals surface area contributed by atoms with Crippen molar-refractivity contribution in [2.75, 3.05) is 21.3 Å². The molecule has 0 aliphatic heterocycles. The molecule has 1 aromatic carbocycles. The van der Waals surface area contributed by atoms with E-state index in [-0.39, 0.29) is 6.04 Å². The van der Waals surface area contributed by atoms with Crippen molar-refractivity contribution < 1.29 is 9.47 Å². The van der Waals surface area contributed by atoms with Gasteiger partial charge in [-0.1, -0.05) is 0 Å². The van der Waals surface area contributed by atoms with E-state index in [0.717, 1.165) is 17.1 Å². The largest absolute Gasteiger partial charge is 0.497 e. The molecule has 3 aromatic rings. The Bertz CT molecular complexity index is 719. The summed E-state index contributed by atoms with van der Waals surface area (Å²) in [5.74, 6) is 1.70. The molecule has 3 rings (SSSR count). The van der Waals surface area contributed by atoms with Crippen LogP contribution in [0.1, 0.15) is 16.5 Å². The van der Waals surface area contributed by atoms with Crippen LogP contribution in [-0.4, -0.2) is 21.3 Å². The Balaban J connectivity index is 2.08. The minimum Gasteiger partial charge on any atom is -0.497 e. The zero-order valence-electron chi connectivity index (χ0n) is 12.2. The van der Waals surface area contributed by atoms with Crippen molar-refractivity contribution in [2.45, 2.75) is 6.04 Å². The highest BCUT2D eigenvalue weighted by Gasteiger charge is 2.20. The van der Waals surface area contributed by atoms with Crippen molar-refractivity contribution in [3.05, 3.63) is 46.2 Å². The summed E-state index contributed by atoms with van der Waals surface area (Å²) in [7, 11) is 5.35. The third kappa shape index (κ3) is 2.64. The first-order chi connectivity index (χ1) is 10.3. The number of methoxy groups -OCH3 is 2. The Morgan fingerprint density at radius 3 is 2.57 bits per heavy atom. The summed E-state index contributed by atoms with van der Waals surface area (Å²) < 4.78 is 13.5. The summed E-state index contributed by atoms with van der Waals surface area (Å²) in [6.45, 7) is 0. The molecule has 1 unspecified atom stereocenters. The Morgan fingerprint density at radius 2 is 1.90 bits per heavy atom. The molecule has 0 aliphatic rings. The molecular weight excluding hydrogens is 302 g/mol. The number of hydrogen-bond donors (Lipinski definition) is 1. The predicted molar refractivity (Wildman–Crippen MR) is 90.2 cm³/mol. The maximum absolute atomic E-state index is 5.52. The fourth-order valence-corrected chi connectivity index (χ4v) is 4.69. The van der Waals surface area contributed by atoms with Crippen LogP contribution in [0.4, 0.5) is 0 Å². The number of hydrogen-bond acceptors (Lipinski definition) is 5. The molecule has 0 radical (unpaired) electrons. The van der Waals surface area contributed by atoms with Gasteiger partial charge in [0.05, 0.1) is 20.3 Å². The van der Waals surface area contributed by atoms with Crippen LogP contribution in [0.2, 0.25) is 0 Å². The van der Waals surface area contributed by atoms with Gasteiger partial charge in [0, 0.05) is 19.8 Å². The van der Waals surface area contributed by atoms with Gasteiger partial charge in [0.2, 0.25) is 0 Å². The molecule has 0 fully saturated rings. The van der Waals surface area contributed by atoms with Crippen LogP contribution < -0.4 is 14.8 Å². The Kier molecular flexibility index (Phi) is 4.14. The zero-order valence-corrected chi connectivity index (χ0v) is 13.8. The first-order valence-corrected chi connectivity index (χ1v) is 8.32. The van der Waals surface area contributed by atoms with E-state index in [2.05, 4.69) is 22.8 Å². The van der Waals surface area contributed by atoms with Crippen LogP contribution in [0.3, 0.4) is 0 Å². The van der Waals surface area contributed by atoms with Crippen LogP contribution >= 0.6 is 22.7 Å². The lowest BCUT2D eigenvalue weighted by Gasteiger charge is -2.19. The molecule has 1 N–H and O–H groups in total. The Labute approximate surface area is 132 Å². The quantitative estimate of drug-likeness (QED) is 0.761. The second-order valence-electron chi connectivity index (χ2n) is 4.63. The van der Waals surface area contributed by atoms with Gasteiger partial charge in [-0.3, -0.25) is 0 Å². The number of ether oxygens (including phenoxy) is 2. The van der Waals surface area contributed by atoms with Gasteiger partial charge >= 0.3 is 0 Å². The van der Waals surface area contributed by atoms with Gasteiger partial charge < -0.3 is 14.8 Å². The van der Waals surface area contributed by atoms with E-state index in [9.17, 15) is 0 Å². The van der Waals surface area contributed by atoms with Crippen LogP contribution in [0.15, 0.2) is 35.7 Å². The van der Waals surface area contributed by atoms with E-state index in [0.29, 0.717) is 0 Å². The van der Waals surface area contributed by atoms with Crippen molar-refractivity contribution in [3.8, 4) is 11.5 Å². The highest BCUT2D eigenvalue weighted by atomic mass is 32.1. The predicted octanol–water partition coefficient (Wildman–Crippen LogP) is 4.29. The van der Waals surface area contributed by atoms with Crippen molar-refractivity contribution in [1.82, 2.24) is 5.32 Å². The molecule has 2 aromatic heterocycles. The summed E-state index contributed by atoms with van der Waals surface area (Å²) >= 11 is 3.59. The van der Waals surface area contributed by atoms with Crippen LogP contribution in [0.5, 0.6) is 11.5 Å². The smallest absolute Gasteiger partial charge is 0.124 e. The summed E-state index contributed by atoms with van der Waals surface area (Å²) in [6.07, 6.45) is 0. The maximum Gasteiger partial charge on any atom is 0.124 e. The zero-order chi connectivity index (χ0) is 14.8. The van der Waals surface area contributed by atoms with E-state index in [4.69, 9.17) is 9.47 Å². The normalized spacial score (nSPS) is 12.5. The van der Waals surface area contributed by atoms with E-state index in [1.807, 2.05) is 36.6 Å². The summed E-state index contributed by atoms with van der Waals surface area (Å²) in [6, 6.07) is 10.4. The lowest BCUT2D eigenvalue weighted by Crippen LogP contribution is -2.17. The number of benzene rings is 1. The number of thiophene rings is 2. The molecule has 0 saturated heterocycles. The lowest BCUT2D eigenvalue weighted by molar-refractivity contribution is 0.395. The topological polar surface area (TPSA) is 30.5 Å². The van der Waals surface area contributed by atoms with Crippen molar-refractivity contribution in [3.63, 3.8) is 0 Å². The van der Waals surface area contributed by atoms with Gasteiger partial charge in [0.25, 0.3) is 0 Å². The van der Waals surface area contributed by atoms with Crippen LogP contribution in [0.25, 0.3) is 9.40 Å². The molecule has 21 heavy (non-hydrogen) atoms. The number of fused-ring (bicyclic) bond motifs is 1. The van der Waals surface area contributed by atoms with E-state index in [1.54, 1.807) is 25.6 Å². The number of nitrogens with one attached hydrogen (secondary N) is 1. The third-order valence-electron chi connectivity index (χ3n) is 3.48. The SMILES string of the molecule is CNC(c1cc2sccc2s1)c1cc(OC)ccc1OC. The maximum atomic E-state index is 5.52. The molecule has 2 heterocycles. The average Bonchev–Trinajstić information content (AvgIpc) is 3.09. The van der Waals surface area contributed by atoms with Gasteiger partial charge in [-0.2, -0.15) is 0 Å². The van der Waals surface area contributed by atoms with Crippen molar-refractivity contribution in [2.24, 2.45) is 0 Å². The van der Waals surface area contributed by atoms with E-state index < -0.39 is 0 Å². The molecule has 110 valence electrons. The van der Waals surface area contributed by atoms with Crippen LogP contribution in [0, 0.1) is 0 Å². The minimum absolute atomic E-state index is 0.0969. The van der Waals surface area contributed by atoms with Gasteiger partial charge in [-0.05, 0) is 42.8 Å². The monoisotopic (exact) mass is 319 g/mol. The number of rotatable bonds is 5. The molecule has 0 amide bonds. The Hall–Kier alpha value is -1.56. The lowest BCUT2D eigenvalue weighted by atomic mass is 10.0. The van der Waals surface area contributed by atoms with Crippen molar-refractivity contribution >= 4 is 32.1 Å². The molecule has 0 saturated carbocycles. The highest BCUT2D eigenvalue weighted by Crippen LogP contribution is 2.39. The molecule has 1 atom stereocenters. The molecule has 0 aliphatic carbocycles. The first-order valence-electron chi connectivity index (χ1n) is 6.63. The fourth-order valence-electron chi connectivity index (χ4n) is 2.44. The first kappa shape index (κ1) is 14.4. The summed E-state index contributed by atoms with van der Waals surface area (Å²) in [5.41, 5.74) is 1.09. The van der Waals surface area contributed by atoms with Gasteiger partial charge in [-0.15, -0.1) is 22.7 Å². The molecule has 5 heteroatoms. The second kappa shape index (κ2) is 6.05. The van der Waals surface area contributed by atoms with Gasteiger partial charge in [0.1, 0.15) is 11.5 Å².